The molecular weight excluding hydrogens is 200 g/mol. The molecule has 0 atom stereocenters. The van der Waals surface area contributed by atoms with Gasteiger partial charge in [0, 0.05) is 17.6 Å². The number of nitrogens with zero attached hydrogens (tertiary/aromatic N) is 1. The van der Waals surface area contributed by atoms with Crippen LogP contribution >= 0.6 is 0 Å². The molecule has 0 unspecified atom stereocenters. The molecule has 1 aromatic rings. The lowest BCUT2D eigenvalue weighted by Crippen LogP contribution is -2.39. The molecule has 1 heterocycles. The molecule has 0 aliphatic heterocycles. The van der Waals surface area contributed by atoms with Crippen LogP contribution in [0.5, 0.6) is 0 Å². The van der Waals surface area contributed by atoms with Crippen LogP contribution in [0.2, 0.25) is 0 Å². The van der Waals surface area contributed by atoms with Gasteiger partial charge in [0.05, 0.1) is 12.8 Å². The molecule has 1 N–H and O–H groups in total. The maximum Gasteiger partial charge on any atom is 0.118 e. The largest absolute Gasteiger partial charge is 0.468 e. The summed E-state index contributed by atoms with van der Waals surface area (Å²) < 4.78 is 5.55. The fourth-order valence-corrected chi connectivity index (χ4v) is 1.52. The van der Waals surface area contributed by atoms with Crippen molar-refractivity contribution in [3.8, 4) is 0 Å². The summed E-state index contributed by atoms with van der Waals surface area (Å²) in [6.45, 7) is 8.45. The standard InChI is InChI=1S/C13H24N2O/c1-6-13(2,3)15(5)9-12-7-11(8-14-4)10-16-12/h7,10,14H,6,8-9H2,1-5H3. The molecule has 0 radical (unpaired) electrons. The number of furan rings is 1. The highest BCUT2D eigenvalue weighted by atomic mass is 16.3. The Morgan fingerprint density at radius 1 is 1.44 bits per heavy atom. The van der Waals surface area contributed by atoms with E-state index in [0.29, 0.717) is 0 Å². The quantitative estimate of drug-likeness (QED) is 0.805. The molecule has 0 aliphatic rings. The van der Waals surface area contributed by atoms with Crippen molar-refractivity contribution in [3.63, 3.8) is 0 Å². The Labute approximate surface area is 98.8 Å². The highest BCUT2D eigenvalue weighted by molar-refractivity contribution is 5.12. The maximum atomic E-state index is 5.55. The molecule has 3 nitrogen and oxygen atoms in total. The second kappa shape index (κ2) is 5.51. The van der Waals surface area contributed by atoms with Crippen LogP contribution in [-0.4, -0.2) is 24.5 Å². The molecule has 0 fully saturated rings. The Morgan fingerprint density at radius 2 is 2.12 bits per heavy atom. The average Bonchev–Trinajstić information content (AvgIpc) is 2.66. The Balaban J connectivity index is 2.59. The molecule has 0 spiro atoms. The summed E-state index contributed by atoms with van der Waals surface area (Å²) in [6.07, 6.45) is 2.96. The van der Waals surface area contributed by atoms with E-state index in [1.807, 2.05) is 13.3 Å². The molecule has 92 valence electrons. The van der Waals surface area contributed by atoms with Crippen molar-refractivity contribution >= 4 is 0 Å². The summed E-state index contributed by atoms with van der Waals surface area (Å²) in [6, 6.07) is 2.12. The van der Waals surface area contributed by atoms with Gasteiger partial charge in [-0.2, -0.15) is 0 Å². The number of nitrogens with one attached hydrogen (secondary N) is 1. The molecule has 0 amide bonds. The third kappa shape index (κ3) is 3.35. The van der Waals surface area contributed by atoms with E-state index in [0.717, 1.165) is 25.3 Å². The van der Waals surface area contributed by atoms with Crippen LogP contribution < -0.4 is 5.32 Å². The molecule has 0 saturated heterocycles. The molecule has 1 rings (SSSR count). The van der Waals surface area contributed by atoms with Crippen LogP contribution in [0.15, 0.2) is 16.7 Å². The van der Waals surface area contributed by atoms with Crippen LogP contribution in [0.25, 0.3) is 0 Å². The van der Waals surface area contributed by atoms with Gasteiger partial charge in [0.25, 0.3) is 0 Å². The Morgan fingerprint density at radius 3 is 2.69 bits per heavy atom. The first-order valence-electron chi connectivity index (χ1n) is 5.91. The summed E-state index contributed by atoms with van der Waals surface area (Å²) in [5, 5.41) is 3.12. The third-order valence-corrected chi connectivity index (χ3v) is 3.38. The van der Waals surface area contributed by atoms with Gasteiger partial charge in [-0.05, 0) is 40.4 Å². The first-order chi connectivity index (χ1) is 7.49. The Hall–Kier alpha value is -0.800. The van der Waals surface area contributed by atoms with E-state index >= 15 is 0 Å². The van der Waals surface area contributed by atoms with E-state index < -0.39 is 0 Å². The van der Waals surface area contributed by atoms with Crippen molar-refractivity contribution in [1.82, 2.24) is 10.2 Å². The van der Waals surface area contributed by atoms with Crippen LogP contribution in [0, 0.1) is 0 Å². The SMILES string of the molecule is CCC(C)(C)N(C)Cc1cc(CNC)co1. The molecule has 16 heavy (non-hydrogen) atoms. The van der Waals surface area contributed by atoms with Crippen molar-refractivity contribution in [2.45, 2.75) is 45.8 Å². The minimum atomic E-state index is 0.218. The van der Waals surface area contributed by atoms with Crippen molar-refractivity contribution < 1.29 is 4.42 Å². The molecule has 1 aromatic heterocycles. The highest BCUT2D eigenvalue weighted by Crippen LogP contribution is 2.20. The summed E-state index contributed by atoms with van der Waals surface area (Å²) >= 11 is 0. The summed E-state index contributed by atoms with van der Waals surface area (Å²) in [5.41, 5.74) is 1.43. The second-order valence-corrected chi connectivity index (χ2v) is 4.97. The van der Waals surface area contributed by atoms with Gasteiger partial charge in [-0.3, -0.25) is 4.90 Å². The van der Waals surface area contributed by atoms with Crippen molar-refractivity contribution in [2.24, 2.45) is 0 Å². The van der Waals surface area contributed by atoms with Crippen LogP contribution in [0.4, 0.5) is 0 Å². The maximum absolute atomic E-state index is 5.55. The van der Waals surface area contributed by atoms with E-state index in [4.69, 9.17) is 4.42 Å². The van der Waals surface area contributed by atoms with E-state index in [9.17, 15) is 0 Å². The second-order valence-electron chi connectivity index (χ2n) is 4.97. The molecule has 0 aliphatic carbocycles. The third-order valence-electron chi connectivity index (χ3n) is 3.38. The van der Waals surface area contributed by atoms with Gasteiger partial charge in [0.2, 0.25) is 0 Å². The fraction of sp³-hybridized carbons (Fsp3) is 0.692. The van der Waals surface area contributed by atoms with Gasteiger partial charge in [-0.15, -0.1) is 0 Å². The molecule has 3 heteroatoms. The number of hydrogen-bond acceptors (Lipinski definition) is 3. The van der Waals surface area contributed by atoms with Gasteiger partial charge in [0.1, 0.15) is 5.76 Å². The summed E-state index contributed by atoms with van der Waals surface area (Å²) in [4.78, 5) is 2.33. The first kappa shape index (κ1) is 13.3. The number of rotatable bonds is 6. The van der Waals surface area contributed by atoms with Gasteiger partial charge >= 0.3 is 0 Å². The van der Waals surface area contributed by atoms with Crippen LogP contribution in [0.3, 0.4) is 0 Å². The molecule has 0 bridgehead atoms. The van der Waals surface area contributed by atoms with Crippen LogP contribution in [0.1, 0.15) is 38.5 Å². The topological polar surface area (TPSA) is 28.4 Å². The Bertz CT molecular complexity index is 317. The highest BCUT2D eigenvalue weighted by Gasteiger charge is 2.21. The molecular formula is C13H24N2O. The predicted molar refractivity (Wildman–Crippen MR) is 67.3 cm³/mol. The normalized spacial score (nSPS) is 12.4. The van der Waals surface area contributed by atoms with Gasteiger partial charge in [-0.1, -0.05) is 6.92 Å². The van der Waals surface area contributed by atoms with Crippen molar-refractivity contribution in [2.75, 3.05) is 14.1 Å². The minimum Gasteiger partial charge on any atom is -0.468 e. The van der Waals surface area contributed by atoms with E-state index in [1.165, 1.54) is 5.56 Å². The summed E-state index contributed by atoms with van der Waals surface area (Å²) in [5.74, 6) is 1.04. The molecule has 0 saturated carbocycles. The van der Waals surface area contributed by atoms with Gasteiger partial charge in [0.15, 0.2) is 0 Å². The fourth-order valence-electron chi connectivity index (χ4n) is 1.52. The van der Waals surface area contributed by atoms with E-state index in [1.54, 1.807) is 0 Å². The Kier molecular flexibility index (Phi) is 4.56. The lowest BCUT2D eigenvalue weighted by Gasteiger charge is -2.34. The summed E-state index contributed by atoms with van der Waals surface area (Å²) in [7, 11) is 4.09. The minimum absolute atomic E-state index is 0.218. The van der Waals surface area contributed by atoms with Crippen molar-refractivity contribution in [3.05, 3.63) is 23.7 Å². The van der Waals surface area contributed by atoms with E-state index in [2.05, 4.69) is 44.1 Å². The predicted octanol–water partition coefficient (Wildman–Crippen LogP) is 2.62. The zero-order valence-electron chi connectivity index (χ0n) is 11.1. The first-order valence-corrected chi connectivity index (χ1v) is 5.91. The van der Waals surface area contributed by atoms with Gasteiger partial charge in [-0.25, -0.2) is 0 Å². The lowest BCUT2D eigenvalue weighted by molar-refractivity contribution is 0.133. The lowest BCUT2D eigenvalue weighted by atomic mass is 10.00. The zero-order valence-corrected chi connectivity index (χ0v) is 11.1. The zero-order chi connectivity index (χ0) is 12.2. The van der Waals surface area contributed by atoms with Gasteiger partial charge < -0.3 is 9.73 Å². The number of hydrogen-bond donors (Lipinski definition) is 1. The van der Waals surface area contributed by atoms with Crippen LogP contribution in [-0.2, 0) is 13.1 Å². The van der Waals surface area contributed by atoms with E-state index in [-0.39, 0.29) is 5.54 Å². The average molecular weight is 224 g/mol. The molecule has 0 aromatic carbocycles. The monoisotopic (exact) mass is 224 g/mol. The van der Waals surface area contributed by atoms with Crippen molar-refractivity contribution in [1.29, 1.82) is 0 Å². The smallest absolute Gasteiger partial charge is 0.118 e.